The molecule has 3 aromatic heterocycles. The molecule has 1 aliphatic carbocycles. The SMILES string of the molecule is CCn1ncc2c(NC3CCCCC3)c(C(=O)NCc3cccc(Cl)n3)cnc21.O=C(O)C(F)(F)F. The van der Waals surface area contributed by atoms with Crippen molar-refractivity contribution in [2.45, 2.75) is 64.3 Å². The number of pyridine rings is 2. The number of carbonyl (C=O) groups is 2. The van der Waals surface area contributed by atoms with Gasteiger partial charge in [0.15, 0.2) is 5.65 Å². The lowest BCUT2D eigenvalue weighted by molar-refractivity contribution is -0.192. The smallest absolute Gasteiger partial charge is 0.475 e. The van der Waals surface area contributed by atoms with E-state index in [2.05, 4.69) is 25.7 Å². The van der Waals surface area contributed by atoms with Gasteiger partial charge in [-0.25, -0.2) is 19.4 Å². The van der Waals surface area contributed by atoms with Gasteiger partial charge in [-0.3, -0.25) is 4.79 Å². The fraction of sp³-hybridized carbons (Fsp3) is 0.435. The molecule has 194 valence electrons. The van der Waals surface area contributed by atoms with E-state index in [1.54, 1.807) is 18.5 Å². The van der Waals surface area contributed by atoms with E-state index in [1.165, 1.54) is 19.3 Å². The molecule has 0 atom stereocenters. The van der Waals surface area contributed by atoms with E-state index in [4.69, 9.17) is 21.5 Å². The summed E-state index contributed by atoms with van der Waals surface area (Å²) in [6, 6.07) is 5.72. The summed E-state index contributed by atoms with van der Waals surface area (Å²) in [6.45, 7) is 3.06. The molecule has 0 aliphatic heterocycles. The summed E-state index contributed by atoms with van der Waals surface area (Å²) in [5, 5.41) is 19.4. The average molecular weight is 527 g/mol. The lowest BCUT2D eigenvalue weighted by Gasteiger charge is -2.25. The maximum Gasteiger partial charge on any atom is 0.490 e. The van der Waals surface area contributed by atoms with Gasteiger partial charge in [0.1, 0.15) is 5.15 Å². The first-order chi connectivity index (χ1) is 17.1. The van der Waals surface area contributed by atoms with Crippen LogP contribution in [0.25, 0.3) is 11.0 Å². The van der Waals surface area contributed by atoms with Crippen molar-refractivity contribution in [1.29, 1.82) is 0 Å². The molecule has 1 fully saturated rings. The first kappa shape index (κ1) is 27.2. The van der Waals surface area contributed by atoms with Crippen LogP contribution in [-0.4, -0.2) is 48.9 Å². The fourth-order valence-electron chi connectivity index (χ4n) is 3.85. The minimum Gasteiger partial charge on any atom is -0.475 e. The first-order valence-electron chi connectivity index (χ1n) is 11.4. The third kappa shape index (κ3) is 7.06. The van der Waals surface area contributed by atoms with Crippen molar-refractivity contribution in [3.63, 3.8) is 0 Å². The molecule has 36 heavy (non-hydrogen) atoms. The van der Waals surface area contributed by atoms with Gasteiger partial charge in [0, 0.05) is 18.8 Å². The number of alkyl halides is 3. The van der Waals surface area contributed by atoms with Crippen LogP contribution in [-0.2, 0) is 17.9 Å². The van der Waals surface area contributed by atoms with Crippen LogP contribution in [0.3, 0.4) is 0 Å². The number of hydrogen-bond donors (Lipinski definition) is 3. The van der Waals surface area contributed by atoms with Crippen molar-refractivity contribution < 1.29 is 27.9 Å². The largest absolute Gasteiger partial charge is 0.490 e. The van der Waals surface area contributed by atoms with Crippen LogP contribution >= 0.6 is 11.6 Å². The molecule has 0 spiro atoms. The van der Waals surface area contributed by atoms with Gasteiger partial charge in [0.25, 0.3) is 5.91 Å². The number of hydrogen-bond acceptors (Lipinski definition) is 6. The molecule has 1 amide bonds. The number of carboxylic acid groups (broad SMARTS) is 1. The zero-order chi connectivity index (χ0) is 26.3. The van der Waals surface area contributed by atoms with Crippen LogP contribution in [0, 0.1) is 0 Å². The standard InChI is InChI=1S/C21H25ClN6O.C2HF3O2/c1-2-28-20-16(13-25-28)19(27-14-7-4-3-5-8-14)17(12-23-20)21(29)24-11-15-9-6-10-18(22)26-15;3-2(4,5)1(6)7/h6,9-10,12-14H,2-5,7-8,11H2,1H3,(H,23,27)(H,24,29);(H,6,7). The lowest BCUT2D eigenvalue weighted by Crippen LogP contribution is -2.28. The van der Waals surface area contributed by atoms with E-state index in [0.29, 0.717) is 29.0 Å². The molecule has 4 rings (SSSR count). The Labute approximate surface area is 210 Å². The van der Waals surface area contributed by atoms with E-state index in [-0.39, 0.29) is 5.91 Å². The molecule has 0 saturated heterocycles. The third-order valence-corrected chi connectivity index (χ3v) is 5.82. The Morgan fingerprint density at radius 3 is 2.50 bits per heavy atom. The molecule has 1 aliphatic rings. The zero-order valence-electron chi connectivity index (χ0n) is 19.5. The Morgan fingerprint density at radius 2 is 1.89 bits per heavy atom. The number of fused-ring (bicyclic) bond motifs is 1. The number of carboxylic acids is 1. The van der Waals surface area contributed by atoms with Gasteiger partial charge in [0.05, 0.1) is 35.1 Å². The Bertz CT molecular complexity index is 1210. The number of aryl methyl sites for hydroxylation is 1. The second kappa shape index (κ2) is 12.0. The summed E-state index contributed by atoms with van der Waals surface area (Å²) in [7, 11) is 0. The van der Waals surface area contributed by atoms with Crippen LogP contribution in [0.4, 0.5) is 18.9 Å². The van der Waals surface area contributed by atoms with E-state index in [0.717, 1.165) is 36.1 Å². The van der Waals surface area contributed by atoms with Crippen molar-refractivity contribution in [3.8, 4) is 0 Å². The molecule has 3 heterocycles. The lowest BCUT2D eigenvalue weighted by atomic mass is 9.95. The average Bonchev–Trinajstić information content (AvgIpc) is 3.27. The summed E-state index contributed by atoms with van der Waals surface area (Å²) in [4.78, 5) is 30.6. The summed E-state index contributed by atoms with van der Waals surface area (Å²) in [5.74, 6) is -2.95. The van der Waals surface area contributed by atoms with Crippen molar-refractivity contribution in [2.75, 3.05) is 5.32 Å². The quantitative estimate of drug-likeness (QED) is 0.394. The third-order valence-electron chi connectivity index (χ3n) is 5.61. The maximum absolute atomic E-state index is 13.0. The molecule has 3 N–H and O–H groups in total. The highest BCUT2D eigenvalue weighted by Crippen LogP contribution is 2.30. The first-order valence-corrected chi connectivity index (χ1v) is 11.8. The van der Waals surface area contributed by atoms with Crippen LogP contribution in [0.5, 0.6) is 0 Å². The van der Waals surface area contributed by atoms with Gasteiger partial charge in [-0.05, 0) is 31.9 Å². The highest BCUT2D eigenvalue weighted by molar-refractivity contribution is 6.29. The van der Waals surface area contributed by atoms with Gasteiger partial charge < -0.3 is 15.7 Å². The highest BCUT2D eigenvalue weighted by Gasteiger charge is 2.38. The molecule has 13 heteroatoms. The number of amides is 1. The predicted molar refractivity (Wildman–Crippen MR) is 128 cm³/mol. The van der Waals surface area contributed by atoms with Gasteiger partial charge in [-0.1, -0.05) is 36.9 Å². The fourth-order valence-corrected chi connectivity index (χ4v) is 4.03. The molecular weight excluding hydrogens is 501 g/mol. The van der Waals surface area contributed by atoms with E-state index in [1.807, 2.05) is 23.7 Å². The Hall–Kier alpha value is -3.41. The van der Waals surface area contributed by atoms with Crippen LogP contribution in [0.2, 0.25) is 5.15 Å². The number of nitrogens with one attached hydrogen (secondary N) is 2. The number of aromatic nitrogens is 4. The molecule has 0 bridgehead atoms. The normalized spacial score (nSPS) is 14.1. The molecule has 3 aromatic rings. The number of anilines is 1. The molecule has 0 radical (unpaired) electrons. The Balaban J connectivity index is 0.000000454. The van der Waals surface area contributed by atoms with Gasteiger partial charge >= 0.3 is 12.1 Å². The molecule has 0 aromatic carbocycles. The summed E-state index contributed by atoms with van der Waals surface area (Å²) in [5.41, 5.74) is 2.85. The molecular formula is C23H26ClF3N6O3. The van der Waals surface area contributed by atoms with Crippen LogP contribution < -0.4 is 10.6 Å². The second-order valence-corrected chi connectivity index (χ2v) is 8.55. The summed E-state index contributed by atoms with van der Waals surface area (Å²) in [6.07, 6.45) is 4.27. The predicted octanol–water partition coefficient (Wildman–Crippen LogP) is 4.81. The van der Waals surface area contributed by atoms with Gasteiger partial charge in [-0.15, -0.1) is 0 Å². The van der Waals surface area contributed by atoms with Crippen molar-refractivity contribution in [1.82, 2.24) is 25.1 Å². The molecule has 9 nitrogen and oxygen atoms in total. The number of nitrogens with zero attached hydrogens (tertiary/aromatic N) is 4. The number of carbonyl (C=O) groups excluding carboxylic acids is 1. The van der Waals surface area contributed by atoms with E-state index < -0.39 is 12.1 Å². The number of rotatable bonds is 6. The topological polar surface area (TPSA) is 122 Å². The van der Waals surface area contributed by atoms with Crippen molar-refractivity contribution in [3.05, 3.63) is 47.0 Å². The van der Waals surface area contributed by atoms with Crippen molar-refractivity contribution >= 4 is 40.2 Å². The zero-order valence-corrected chi connectivity index (χ0v) is 20.2. The van der Waals surface area contributed by atoms with Crippen LogP contribution in [0.15, 0.2) is 30.6 Å². The summed E-state index contributed by atoms with van der Waals surface area (Å²) >= 11 is 5.94. The Morgan fingerprint density at radius 1 is 1.19 bits per heavy atom. The monoisotopic (exact) mass is 526 g/mol. The van der Waals surface area contributed by atoms with Crippen LogP contribution in [0.1, 0.15) is 55.1 Å². The van der Waals surface area contributed by atoms with Crippen molar-refractivity contribution in [2.24, 2.45) is 0 Å². The summed E-state index contributed by atoms with van der Waals surface area (Å²) < 4.78 is 33.6. The minimum absolute atomic E-state index is 0.191. The minimum atomic E-state index is -5.08. The molecule has 1 saturated carbocycles. The number of aliphatic carboxylic acids is 1. The van der Waals surface area contributed by atoms with E-state index >= 15 is 0 Å². The van der Waals surface area contributed by atoms with E-state index in [9.17, 15) is 18.0 Å². The maximum atomic E-state index is 13.0. The van der Waals surface area contributed by atoms with Gasteiger partial charge in [0.2, 0.25) is 0 Å². The Kier molecular flexibility index (Phi) is 9.08. The second-order valence-electron chi connectivity index (χ2n) is 8.16. The molecule has 0 unspecified atom stereocenters. The number of halogens is 4. The van der Waals surface area contributed by atoms with Gasteiger partial charge in [-0.2, -0.15) is 18.3 Å². The highest BCUT2D eigenvalue weighted by atomic mass is 35.5.